The van der Waals surface area contributed by atoms with Crippen LogP contribution in [-0.4, -0.2) is 16.3 Å². The molecule has 0 amide bonds. The first-order chi connectivity index (χ1) is 18.1. The van der Waals surface area contributed by atoms with Crippen molar-refractivity contribution in [1.82, 2.24) is 9.97 Å². The second-order valence-corrected chi connectivity index (χ2v) is 9.16. The van der Waals surface area contributed by atoms with Crippen LogP contribution in [0.3, 0.4) is 0 Å². The van der Waals surface area contributed by atoms with Crippen molar-refractivity contribution in [1.29, 1.82) is 0 Å². The number of hydrogen-bond acceptors (Lipinski definition) is 5. The van der Waals surface area contributed by atoms with E-state index in [4.69, 9.17) is 15.3 Å². The van der Waals surface area contributed by atoms with E-state index in [0.717, 1.165) is 27.3 Å². The zero-order chi connectivity index (χ0) is 25.8. The average molecular weight is 550 g/mol. The molecule has 0 spiro atoms. The number of benzene rings is 3. The molecule has 180 valence electrons. The molecule has 0 bridgehead atoms. The van der Waals surface area contributed by atoms with Gasteiger partial charge in [-0.15, -0.1) is 0 Å². The molecule has 7 nitrogen and oxygen atoms in total. The Morgan fingerprint density at radius 3 is 2.49 bits per heavy atom. The summed E-state index contributed by atoms with van der Waals surface area (Å²) in [5.41, 5.74) is 14.7. The third-order valence-corrected chi connectivity index (χ3v) is 6.65. The number of halogens is 1. The molecule has 3 aromatic carbocycles. The monoisotopic (exact) mass is 549 g/mol. The SMILES string of the molecule is Cc1c(-c2ccccc2N=[N+]=[N-])cc(-c2ccc3ccc(Br)c(OCc4ccccc4)c3n2)nc1C=O. The van der Waals surface area contributed by atoms with Crippen LogP contribution in [0.15, 0.2) is 94.5 Å². The van der Waals surface area contributed by atoms with E-state index in [1.165, 1.54) is 0 Å². The number of fused-ring (bicyclic) bond motifs is 1. The van der Waals surface area contributed by atoms with Gasteiger partial charge in [0.25, 0.3) is 0 Å². The Hall–Kier alpha value is -4.52. The van der Waals surface area contributed by atoms with E-state index < -0.39 is 0 Å². The highest BCUT2D eigenvalue weighted by molar-refractivity contribution is 9.10. The van der Waals surface area contributed by atoms with E-state index in [1.807, 2.05) is 79.7 Å². The van der Waals surface area contributed by atoms with Gasteiger partial charge in [0.1, 0.15) is 17.8 Å². The van der Waals surface area contributed by atoms with Crippen molar-refractivity contribution in [2.24, 2.45) is 5.11 Å². The Kier molecular flexibility index (Phi) is 6.94. The number of azide groups is 1. The van der Waals surface area contributed by atoms with E-state index in [2.05, 4.69) is 30.9 Å². The number of carbonyl (C=O) groups is 1. The summed E-state index contributed by atoms with van der Waals surface area (Å²) in [4.78, 5) is 24.4. The molecule has 0 radical (unpaired) electrons. The van der Waals surface area contributed by atoms with Gasteiger partial charge in [-0.05, 0) is 68.8 Å². The molecule has 0 saturated heterocycles. The molecule has 0 saturated carbocycles. The first-order valence-corrected chi connectivity index (χ1v) is 12.3. The van der Waals surface area contributed by atoms with Gasteiger partial charge in [0.15, 0.2) is 12.0 Å². The number of pyridine rings is 2. The molecule has 0 atom stereocenters. The Morgan fingerprint density at radius 2 is 1.70 bits per heavy atom. The van der Waals surface area contributed by atoms with Crippen molar-refractivity contribution in [3.63, 3.8) is 0 Å². The molecule has 0 aliphatic rings. The lowest BCUT2D eigenvalue weighted by molar-refractivity contribution is 0.111. The number of aromatic nitrogens is 2. The van der Waals surface area contributed by atoms with Gasteiger partial charge in [-0.3, -0.25) is 4.79 Å². The van der Waals surface area contributed by atoms with Crippen LogP contribution in [0.4, 0.5) is 5.69 Å². The smallest absolute Gasteiger partial charge is 0.168 e. The fourth-order valence-corrected chi connectivity index (χ4v) is 4.57. The van der Waals surface area contributed by atoms with Crippen LogP contribution < -0.4 is 4.74 Å². The molecule has 37 heavy (non-hydrogen) atoms. The predicted molar refractivity (Wildman–Crippen MR) is 148 cm³/mol. The van der Waals surface area contributed by atoms with Gasteiger partial charge in [-0.25, -0.2) is 9.97 Å². The standard InChI is InChI=1S/C29H20BrN5O2/c1-18-22(21-9-5-6-10-24(21)34-35-31)15-26(32-27(18)16-36)25-14-12-20-11-13-23(30)29(28(20)33-25)37-17-19-7-3-2-4-8-19/h2-16H,17H2,1H3. The van der Waals surface area contributed by atoms with E-state index in [0.29, 0.717) is 51.8 Å². The van der Waals surface area contributed by atoms with Gasteiger partial charge in [0, 0.05) is 16.0 Å². The first kappa shape index (κ1) is 24.2. The zero-order valence-electron chi connectivity index (χ0n) is 19.8. The van der Waals surface area contributed by atoms with Crippen molar-refractivity contribution >= 4 is 38.8 Å². The van der Waals surface area contributed by atoms with Crippen molar-refractivity contribution in [3.8, 4) is 28.3 Å². The summed E-state index contributed by atoms with van der Waals surface area (Å²) >= 11 is 3.60. The minimum atomic E-state index is 0.292. The summed E-state index contributed by atoms with van der Waals surface area (Å²) in [6.07, 6.45) is 0.727. The van der Waals surface area contributed by atoms with Crippen LogP contribution in [0, 0.1) is 6.92 Å². The highest BCUT2D eigenvalue weighted by Gasteiger charge is 2.16. The van der Waals surface area contributed by atoms with Crippen LogP contribution in [0.5, 0.6) is 5.75 Å². The summed E-state index contributed by atoms with van der Waals surface area (Å²) in [5.74, 6) is 0.625. The van der Waals surface area contributed by atoms with Gasteiger partial charge in [0.05, 0.1) is 15.9 Å². The molecule has 5 aromatic rings. The maximum absolute atomic E-state index is 11.9. The molecule has 0 aliphatic heterocycles. The number of aldehydes is 1. The number of carbonyl (C=O) groups excluding carboxylic acids is 1. The maximum atomic E-state index is 11.9. The highest BCUT2D eigenvalue weighted by atomic mass is 79.9. The van der Waals surface area contributed by atoms with E-state index in [9.17, 15) is 4.79 Å². The van der Waals surface area contributed by atoms with Crippen LogP contribution in [-0.2, 0) is 6.61 Å². The Balaban J connectivity index is 1.64. The molecular formula is C29H20BrN5O2. The van der Waals surface area contributed by atoms with Crippen molar-refractivity contribution in [2.45, 2.75) is 13.5 Å². The minimum absolute atomic E-state index is 0.292. The molecule has 2 aromatic heterocycles. The third-order valence-electron chi connectivity index (χ3n) is 6.02. The lowest BCUT2D eigenvalue weighted by atomic mass is 9.97. The molecule has 0 fully saturated rings. The van der Waals surface area contributed by atoms with E-state index in [-0.39, 0.29) is 0 Å². The average Bonchev–Trinajstić information content (AvgIpc) is 2.93. The van der Waals surface area contributed by atoms with Gasteiger partial charge >= 0.3 is 0 Å². The Labute approximate surface area is 221 Å². The second kappa shape index (κ2) is 10.6. The topological polar surface area (TPSA) is 101 Å². The highest BCUT2D eigenvalue weighted by Crippen LogP contribution is 2.37. The third kappa shape index (κ3) is 4.93. The van der Waals surface area contributed by atoms with Gasteiger partial charge in [0.2, 0.25) is 0 Å². The summed E-state index contributed by atoms with van der Waals surface area (Å²) in [7, 11) is 0. The number of hydrogen-bond donors (Lipinski definition) is 0. The van der Waals surface area contributed by atoms with Crippen molar-refractivity contribution in [3.05, 3.63) is 117 Å². The normalized spacial score (nSPS) is 10.6. The largest absolute Gasteiger partial charge is 0.485 e. The molecule has 5 rings (SSSR count). The Morgan fingerprint density at radius 1 is 0.946 bits per heavy atom. The zero-order valence-corrected chi connectivity index (χ0v) is 21.4. The molecule has 0 N–H and O–H groups in total. The van der Waals surface area contributed by atoms with Gasteiger partial charge < -0.3 is 4.74 Å². The van der Waals surface area contributed by atoms with E-state index >= 15 is 0 Å². The molecular weight excluding hydrogens is 530 g/mol. The number of rotatable bonds is 7. The molecule has 0 aliphatic carbocycles. The lowest BCUT2D eigenvalue weighted by Crippen LogP contribution is -2.01. The maximum Gasteiger partial charge on any atom is 0.168 e. The first-order valence-electron chi connectivity index (χ1n) is 11.5. The summed E-state index contributed by atoms with van der Waals surface area (Å²) in [5, 5.41) is 4.73. The van der Waals surface area contributed by atoms with Gasteiger partial charge in [-0.2, -0.15) is 0 Å². The summed E-state index contributed by atoms with van der Waals surface area (Å²) in [6.45, 7) is 2.21. The molecule has 8 heteroatoms. The summed E-state index contributed by atoms with van der Waals surface area (Å²) < 4.78 is 6.98. The fourth-order valence-electron chi connectivity index (χ4n) is 4.14. The lowest BCUT2D eigenvalue weighted by Gasteiger charge is -2.14. The van der Waals surface area contributed by atoms with Crippen molar-refractivity contribution < 1.29 is 9.53 Å². The summed E-state index contributed by atoms with van der Waals surface area (Å²) in [6, 6.07) is 26.7. The van der Waals surface area contributed by atoms with E-state index in [1.54, 1.807) is 12.1 Å². The van der Waals surface area contributed by atoms with Crippen LogP contribution in [0.25, 0.3) is 43.9 Å². The van der Waals surface area contributed by atoms with Crippen LogP contribution >= 0.6 is 15.9 Å². The molecule has 2 heterocycles. The number of ether oxygens (including phenoxy) is 1. The predicted octanol–water partition coefficient (Wildman–Crippen LogP) is 8.37. The van der Waals surface area contributed by atoms with Crippen LogP contribution in [0.2, 0.25) is 0 Å². The quantitative estimate of drug-likeness (QED) is 0.0879. The minimum Gasteiger partial charge on any atom is -0.485 e. The number of nitrogens with zero attached hydrogens (tertiary/aromatic N) is 5. The Bertz CT molecular complexity index is 1680. The second-order valence-electron chi connectivity index (χ2n) is 8.31. The fraction of sp³-hybridized carbons (Fsp3) is 0.0690. The van der Waals surface area contributed by atoms with Crippen LogP contribution in [0.1, 0.15) is 21.6 Å². The molecule has 0 unspecified atom stereocenters. The van der Waals surface area contributed by atoms with Gasteiger partial charge in [-0.1, -0.05) is 71.8 Å². The van der Waals surface area contributed by atoms with Crippen molar-refractivity contribution in [2.75, 3.05) is 0 Å².